The molecular formula is C14H17N3O2. The van der Waals surface area contributed by atoms with Gasteiger partial charge in [-0.1, -0.05) is 12.1 Å². The summed E-state index contributed by atoms with van der Waals surface area (Å²) in [4.78, 5) is 11.6. The van der Waals surface area contributed by atoms with Gasteiger partial charge >= 0.3 is 0 Å². The summed E-state index contributed by atoms with van der Waals surface area (Å²) in [5, 5.41) is 14.6. The summed E-state index contributed by atoms with van der Waals surface area (Å²) in [6, 6.07) is 9.36. The first kappa shape index (κ1) is 13.4. The Hall–Kier alpha value is -2.06. The number of piperidine rings is 1. The molecular weight excluding hydrogens is 242 g/mol. The lowest BCUT2D eigenvalue weighted by atomic mass is 10.1. The molecule has 0 bridgehead atoms. The Balaban J connectivity index is 1.88. The molecule has 1 aliphatic rings. The van der Waals surface area contributed by atoms with Gasteiger partial charge in [-0.2, -0.15) is 5.26 Å². The SMILES string of the molecule is N#CCOc1cccc(CNC2CCCNC2=O)c1. The first-order chi connectivity index (χ1) is 9.29. The molecule has 1 aliphatic heterocycles. The summed E-state index contributed by atoms with van der Waals surface area (Å²) in [7, 11) is 0. The molecule has 2 N–H and O–H groups in total. The Labute approximate surface area is 112 Å². The van der Waals surface area contributed by atoms with Gasteiger partial charge < -0.3 is 15.4 Å². The third-order valence-corrected chi connectivity index (χ3v) is 3.04. The van der Waals surface area contributed by atoms with Crippen molar-refractivity contribution in [2.24, 2.45) is 0 Å². The van der Waals surface area contributed by atoms with Crippen molar-refractivity contribution in [3.8, 4) is 11.8 Å². The first-order valence-corrected chi connectivity index (χ1v) is 6.39. The van der Waals surface area contributed by atoms with Crippen LogP contribution in [0.1, 0.15) is 18.4 Å². The van der Waals surface area contributed by atoms with Crippen LogP contribution >= 0.6 is 0 Å². The molecule has 0 saturated carbocycles. The molecule has 1 heterocycles. The number of nitriles is 1. The molecule has 0 radical (unpaired) electrons. The van der Waals surface area contributed by atoms with Gasteiger partial charge in [0.05, 0.1) is 6.04 Å². The lowest BCUT2D eigenvalue weighted by Crippen LogP contribution is -2.47. The Morgan fingerprint density at radius 3 is 3.21 bits per heavy atom. The van der Waals surface area contributed by atoms with Crippen LogP contribution in [0.5, 0.6) is 5.75 Å². The molecule has 1 fully saturated rings. The van der Waals surface area contributed by atoms with Crippen LogP contribution in [-0.4, -0.2) is 25.1 Å². The monoisotopic (exact) mass is 259 g/mol. The number of benzene rings is 1. The van der Waals surface area contributed by atoms with Crippen LogP contribution in [0, 0.1) is 11.3 Å². The summed E-state index contributed by atoms with van der Waals surface area (Å²) in [6.45, 7) is 1.43. The van der Waals surface area contributed by atoms with Crippen LogP contribution in [0.3, 0.4) is 0 Å². The van der Waals surface area contributed by atoms with E-state index < -0.39 is 0 Å². The second-order valence-electron chi connectivity index (χ2n) is 4.46. The molecule has 19 heavy (non-hydrogen) atoms. The summed E-state index contributed by atoms with van der Waals surface area (Å²) >= 11 is 0. The summed E-state index contributed by atoms with van der Waals surface area (Å²) in [6.07, 6.45) is 1.88. The zero-order valence-electron chi connectivity index (χ0n) is 10.7. The minimum absolute atomic E-state index is 0.0436. The fraction of sp³-hybridized carbons (Fsp3) is 0.429. The van der Waals surface area contributed by atoms with Crippen molar-refractivity contribution in [1.82, 2.24) is 10.6 Å². The van der Waals surface area contributed by atoms with E-state index in [0.29, 0.717) is 12.3 Å². The fourth-order valence-electron chi connectivity index (χ4n) is 2.07. The molecule has 1 aromatic carbocycles. The maximum absolute atomic E-state index is 11.6. The van der Waals surface area contributed by atoms with Crippen molar-refractivity contribution >= 4 is 5.91 Å². The third kappa shape index (κ3) is 3.97. The van der Waals surface area contributed by atoms with Gasteiger partial charge in [0.25, 0.3) is 0 Å². The number of carbonyl (C=O) groups excluding carboxylic acids is 1. The van der Waals surface area contributed by atoms with Crippen LogP contribution in [0.2, 0.25) is 0 Å². The molecule has 0 spiro atoms. The fourth-order valence-corrected chi connectivity index (χ4v) is 2.07. The number of hydrogen-bond donors (Lipinski definition) is 2. The van der Waals surface area contributed by atoms with Crippen molar-refractivity contribution in [2.45, 2.75) is 25.4 Å². The molecule has 5 nitrogen and oxygen atoms in total. The molecule has 1 unspecified atom stereocenters. The normalized spacial score (nSPS) is 18.5. The van der Waals surface area contributed by atoms with Gasteiger partial charge in [0, 0.05) is 13.1 Å². The molecule has 2 rings (SSSR count). The number of hydrogen-bond acceptors (Lipinski definition) is 4. The van der Waals surface area contributed by atoms with Crippen molar-refractivity contribution in [1.29, 1.82) is 5.26 Å². The second kappa shape index (κ2) is 6.76. The maximum Gasteiger partial charge on any atom is 0.237 e. The van der Waals surface area contributed by atoms with E-state index >= 15 is 0 Å². The highest BCUT2D eigenvalue weighted by atomic mass is 16.5. The van der Waals surface area contributed by atoms with Crippen LogP contribution < -0.4 is 15.4 Å². The highest BCUT2D eigenvalue weighted by Crippen LogP contribution is 2.13. The molecule has 1 atom stereocenters. The Kier molecular flexibility index (Phi) is 4.76. The standard InChI is InChI=1S/C14H17N3O2/c15-6-8-19-12-4-1-3-11(9-12)10-17-13-5-2-7-16-14(13)18/h1,3-4,9,13,17H,2,5,7-8,10H2,(H,16,18). The zero-order valence-corrected chi connectivity index (χ0v) is 10.7. The Bertz CT molecular complexity index is 482. The largest absolute Gasteiger partial charge is 0.479 e. The van der Waals surface area contributed by atoms with Gasteiger partial charge in [-0.3, -0.25) is 4.79 Å². The predicted molar refractivity (Wildman–Crippen MR) is 70.4 cm³/mol. The lowest BCUT2D eigenvalue weighted by Gasteiger charge is -2.22. The van der Waals surface area contributed by atoms with Crippen molar-refractivity contribution in [2.75, 3.05) is 13.2 Å². The number of nitrogens with one attached hydrogen (secondary N) is 2. The quantitative estimate of drug-likeness (QED) is 0.826. The van der Waals surface area contributed by atoms with E-state index in [2.05, 4.69) is 10.6 Å². The van der Waals surface area contributed by atoms with Crippen LogP contribution in [-0.2, 0) is 11.3 Å². The average Bonchev–Trinajstić information content (AvgIpc) is 2.45. The molecule has 0 aromatic heterocycles. The van der Waals surface area contributed by atoms with Crippen molar-refractivity contribution in [3.05, 3.63) is 29.8 Å². The molecule has 5 heteroatoms. The smallest absolute Gasteiger partial charge is 0.237 e. The zero-order chi connectivity index (χ0) is 13.5. The maximum atomic E-state index is 11.6. The van der Waals surface area contributed by atoms with E-state index in [1.54, 1.807) is 0 Å². The van der Waals surface area contributed by atoms with E-state index in [9.17, 15) is 4.79 Å². The topological polar surface area (TPSA) is 74.2 Å². The number of nitrogens with zero attached hydrogens (tertiary/aromatic N) is 1. The van der Waals surface area contributed by atoms with Crippen molar-refractivity contribution < 1.29 is 9.53 Å². The molecule has 1 saturated heterocycles. The summed E-state index contributed by atoms with van der Waals surface area (Å²) < 4.78 is 5.24. The lowest BCUT2D eigenvalue weighted by molar-refractivity contribution is -0.124. The van der Waals surface area contributed by atoms with E-state index in [0.717, 1.165) is 24.9 Å². The number of amides is 1. The van der Waals surface area contributed by atoms with Gasteiger partial charge in [-0.15, -0.1) is 0 Å². The summed E-state index contributed by atoms with van der Waals surface area (Å²) in [5.74, 6) is 0.747. The molecule has 0 aliphatic carbocycles. The van der Waals surface area contributed by atoms with Crippen LogP contribution in [0.15, 0.2) is 24.3 Å². The predicted octanol–water partition coefficient (Wildman–Crippen LogP) is 0.957. The van der Waals surface area contributed by atoms with Crippen molar-refractivity contribution in [3.63, 3.8) is 0 Å². The van der Waals surface area contributed by atoms with Gasteiger partial charge in [0.2, 0.25) is 5.91 Å². The van der Waals surface area contributed by atoms with Gasteiger partial charge in [0.1, 0.15) is 11.8 Å². The minimum atomic E-state index is -0.113. The van der Waals surface area contributed by atoms with E-state index in [-0.39, 0.29) is 18.6 Å². The van der Waals surface area contributed by atoms with Gasteiger partial charge in [-0.05, 0) is 30.5 Å². The van der Waals surface area contributed by atoms with E-state index in [1.807, 2.05) is 30.3 Å². The minimum Gasteiger partial charge on any atom is -0.479 e. The van der Waals surface area contributed by atoms with Crippen LogP contribution in [0.25, 0.3) is 0 Å². The van der Waals surface area contributed by atoms with E-state index in [4.69, 9.17) is 10.00 Å². The molecule has 1 aromatic rings. The van der Waals surface area contributed by atoms with E-state index in [1.165, 1.54) is 0 Å². The van der Waals surface area contributed by atoms with Crippen LogP contribution in [0.4, 0.5) is 0 Å². The summed E-state index contributed by atoms with van der Waals surface area (Å²) in [5.41, 5.74) is 1.04. The number of ether oxygens (including phenoxy) is 1. The number of rotatable bonds is 5. The molecule has 100 valence electrons. The first-order valence-electron chi connectivity index (χ1n) is 6.39. The number of carbonyl (C=O) groups is 1. The highest BCUT2D eigenvalue weighted by Gasteiger charge is 2.20. The Morgan fingerprint density at radius 1 is 1.53 bits per heavy atom. The van der Waals surface area contributed by atoms with Gasteiger partial charge in [0.15, 0.2) is 6.61 Å². The molecule has 1 amide bonds. The third-order valence-electron chi connectivity index (χ3n) is 3.04. The second-order valence-corrected chi connectivity index (χ2v) is 4.46. The highest BCUT2D eigenvalue weighted by molar-refractivity contribution is 5.82. The average molecular weight is 259 g/mol. The van der Waals surface area contributed by atoms with Gasteiger partial charge in [-0.25, -0.2) is 0 Å². The Morgan fingerprint density at radius 2 is 2.42 bits per heavy atom.